The van der Waals surface area contributed by atoms with Gasteiger partial charge in [-0.2, -0.15) is 0 Å². The molecule has 5 nitrogen and oxygen atoms in total. The van der Waals surface area contributed by atoms with Crippen molar-refractivity contribution in [3.05, 3.63) is 58.1 Å². The molecule has 1 heterocycles. The van der Waals surface area contributed by atoms with E-state index in [0.717, 1.165) is 28.7 Å². The molecular weight excluding hydrogens is 316 g/mol. The zero-order valence-electron chi connectivity index (χ0n) is 14.6. The Kier molecular flexibility index (Phi) is 4.68. The number of nitrogens with zero attached hydrogens (tertiary/aromatic N) is 1. The third kappa shape index (κ3) is 3.61. The highest BCUT2D eigenvalue weighted by atomic mass is 16.3. The predicted molar refractivity (Wildman–Crippen MR) is 96.5 cm³/mol. The lowest BCUT2D eigenvalue weighted by Gasteiger charge is -2.31. The molecule has 0 saturated heterocycles. The van der Waals surface area contributed by atoms with E-state index in [4.69, 9.17) is 5.73 Å². The van der Waals surface area contributed by atoms with Crippen LogP contribution in [0.2, 0.25) is 0 Å². The van der Waals surface area contributed by atoms with Crippen molar-refractivity contribution in [1.82, 2.24) is 4.90 Å². The second-order valence-corrected chi connectivity index (χ2v) is 6.83. The highest BCUT2D eigenvalue weighted by molar-refractivity contribution is 5.82. The van der Waals surface area contributed by atoms with E-state index in [-0.39, 0.29) is 17.4 Å². The van der Waals surface area contributed by atoms with E-state index in [2.05, 4.69) is 0 Å². The number of nitrogens with two attached hydrogens (primary N) is 1. The summed E-state index contributed by atoms with van der Waals surface area (Å²) in [5, 5.41) is 19.3. The van der Waals surface area contributed by atoms with Crippen LogP contribution in [0.5, 0.6) is 11.5 Å². The minimum absolute atomic E-state index is 0.0825. The summed E-state index contributed by atoms with van der Waals surface area (Å²) in [7, 11) is 0. The zero-order chi connectivity index (χ0) is 18.1. The maximum Gasteiger partial charge on any atom is 0.240 e. The van der Waals surface area contributed by atoms with Gasteiger partial charge in [-0.1, -0.05) is 6.07 Å². The molecule has 0 fully saturated rings. The van der Waals surface area contributed by atoms with Gasteiger partial charge in [0, 0.05) is 13.1 Å². The Bertz CT molecular complexity index is 794. The van der Waals surface area contributed by atoms with Crippen molar-refractivity contribution >= 4 is 5.91 Å². The Morgan fingerprint density at radius 3 is 2.48 bits per heavy atom. The van der Waals surface area contributed by atoms with E-state index in [1.54, 1.807) is 29.2 Å². The standard InChI is InChI=1S/C20H24N2O3/c1-12-7-17(24)8-13(2)18(12)10-19(21)20(25)22-6-5-14-3-4-16(23)9-15(14)11-22/h3-4,7-9,19,23-24H,5-6,10-11,21H2,1-2H3/t19-/m0/s1. The Morgan fingerprint density at radius 1 is 1.12 bits per heavy atom. The van der Waals surface area contributed by atoms with Gasteiger partial charge in [0.25, 0.3) is 0 Å². The fourth-order valence-corrected chi connectivity index (χ4v) is 3.57. The number of carbonyl (C=O) groups excluding carboxylic acids is 1. The molecule has 4 N–H and O–H groups in total. The number of benzene rings is 2. The number of hydrogen-bond donors (Lipinski definition) is 3. The molecule has 0 aliphatic carbocycles. The molecule has 1 atom stereocenters. The minimum Gasteiger partial charge on any atom is -0.508 e. The van der Waals surface area contributed by atoms with Crippen LogP contribution in [-0.2, 0) is 24.2 Å². The minimum atomic E-state index is -0.624. The first-order valence-electron chi connectivity index (χ1n) is 8.49. The lowest BCUT2D eigenvalue weighted by atomic mass is 9.94. The molecule has 1 amide bonds. The first-order chi connectivity index (χ1) is 11.8. The molecule has 0 bridgehead atoms. The number of aryl methyl sites for hydroxylation is 2. The molecule has 5 heteroatoms. The van der Waals surface area contributed by atoms with Crippen molar-refractivity contribution in [2.24, 2.45) is 5.73 Å². The summed E-state index contributed by atoms with van der Waals surface area (Å²) in [6, 6.07) is 8.07. The lowest BCUT2D eigenvalue weighted by molar-refractivity contribution is -0.133. The molecule has 0 saturated carbocycles. The average molecular weight is 340 g/mol. The predicted octanol–water partition coefficient (Wildman–Crippen LogP) is 2.17. The second kappa shape index (κ2) is 6.76. The molecule has 3 rings (SSSR count). The number of rotatable bonds is 3. The summed E-state index contributed by atoms with van der Waals surface area (Å²) < 4.78 is 0. The van der Waals surface area contributed by atoms with Crippen molar-refractivity contribution in [2.75, 3.05) is 6.54 Å². The van der Waals surface area contributed by atoms with Gasteiger partial charge in [0.1, 0.15) is 11.5 Å². The number of carbonyl (C=O) groups is 1. The van der Waals surface area contributed by atoms with Gasteiger partial charge in [-0.3, -0.25) is 4.79 Å². The number of amides is 1. The maximum atomic E-state index is 12.8. The first-order valence-corrected chi connectivity index (χ1v) is 8.49. The molecule has 25 heavy (non-hydrogen) atoms. The van der Waals surface area contributed by atoms with Gasteiger partial charge in [0.2, 0.25) is 5.91 Å². The summed E-state index contributed by atoms with van der Waals surface area (Å²) in [5.41, 5.74) is 11.2. The van der Waals surface area contributed by atoms with Gasteiger partial charge in [-0.25, -0.2) is 0 Å². The molecular formula is C20H24N2O3. The van der Waals surface area contributed by atoms with Crippen LogP contribution in [0.1, 0.15) is 27.8 Å². The van der Waals surface area contributed by atoms with Crippen molar-refractivity contribution in [2.45, 2.75) is 39.3 Å². The largest absolute Gasteiger partial charge is 0.508 e. The molecule has 132 valence electrons. The van der Waals surface area contributed by atoms with Crippen LogP contribution < -0.4 is 5.73 Å². The fraction of sp³-hybridized carbons (Fsp3) is 0.350. The fourth-order valence-electron chi connectivity index (χ4n) is 3.57. The topological polar surface area (TPSA) is 86.8 Å². The third-order valence-corrected chi connectivity index (χ3v) is 4.94. The molecule has 2 aromatic carbocycles. The molecule has 0 radical (unpaired) electrons. The Hall–Kier alpha value is -2.53. The smallest absolute Gasteiger partial charge is 0.240 e. The van der Waals surface area contributed by atoms with Gasteiger partial charge in [-0.05, 0) is 78.8 Å². The molecule has 2 aromatic rings. The van der Waals surface area contributed by atoms with Gasteiger partial charge >= 0.3 is 0 Å². The van der Waals surface area contributed by atoms with Crippen molar-refractivity contribution < 1.29 is 15.0 Å². The van der Waals surface area contributed by atoms with Crippen LogP contribution >= 0.6 is 0 Å². The summed E-state index contributed by atoms with van der Waals surface area (Å²) in [5.74, 6) is 0.361. The monoisotopic (exact) mass is 340 g/mol. The van der Waals surface area contributed by atoms with E-state index >= 15 is 0 Å². The number of fused-ring (bicyclic) bond motifs is 1. The van der Waals surface area contributed by atoms with Gasteiger partial charge in [-0.15, -0.1) is 0 Å². The van der Waals surface area contributed by atoms with Crippen LogP contribution in [-0.4, -0.2) is 33.6 Å². The molecule has 1 aliphatic rings. The zero-order valence-corrected chi connectivity index (χ0v) is 14.6. The van der Waals surface area contributed by atoms with E-state index < -0.39 is 6.04 Å². The van der Waals surface area contributed by atoms with E-state index in [1.807, 2.05) is 19.9 Å². The normalized spacial score (nSPS) is 14.9. The van der Waals surface area contributed by atoms with Crippen molar-refractivity contribution in [1.29, 1.82) is 0 Å². The average Bonchev–Trinajstić information content (AvgIpc) is 2.56. The van der Waals surface area contributed by atoms with Crippen molar-refractivity contribution in [3.8, 4) is 11.5 Å². The molecule has 0 unspecified atom stereocenters. The number of phenols is 2. The first kappa shape index (κ1) is 17.3. The van der Waals surface area contributed by atoms with Gasteiger partial charge in [0.05, 0.1) is 6.04 Å². The molecule has 0 aromatic heterocycles. The summed E-state index contributed by atoms with van der Waals surface area (Å²) in [6.45, 7) is 4.94. The second-order valence-electron chi connectivity index (χ2n) is 6.83. The van der Waals surface area contributed by atoms with Crippen molar-refractivity contribution in [3.63, 3.8) is 0 Å². The van der Waals surface area contributed by atoms with Gasteiger partial charge in [0.15, 0.2) is 0 Å². The van der Waals surface area contributed by atoms with E-state index in [0.29, 0.717) is 19.5 Å². The Labute approximate surface area is 147 Å². The number of phenolic OH excluding ortho intramolecular Hbond substituents is 2. The maximum absolute atomic E-state index is 12.8. The quantitative estimate of drug-likeness (QED) is 0.799. The van der Waals surface area contributed by atoms with Crippen LogP contribution in [0.3, 0.4) is 0 Å². The molecule has 1 aliphatic heterocycles. The number of aromatic hydroxyl groups is 2. The van der Waals surface area contributed by atoms with Crippen LogP contribution in [0.15, 0.2) is 30.3 Å². The third-order valence-electron chi connectivity index (χ3n) is 4.94. The van der Waals surface area contributed by atoms with Crippen LogP contribution in [0, 0.1) is 13.8 Å². The Balaban J connectivity index is 1.73. The van der Waals surface area contributed by atoms with Crippen LogP contribution in [0.25, 0.3) is 0 Å². The summed E-state index contributed by atoms with van der Waals surface area (Å²) in [6.07, 6.45) is 1.21. The summed E-state index contributed by atoms with van der Waals surface area (Å²) in [4.78, 5) is 14.5. The SMILES string of the molecule is Cc1cc(O)cc(C)c1C[C@H](N)C(=O)N1CCc2ccc(O)cc2C1. The van der Waals surface area contributed by atoms with E-state index in [1.165, 1.54) is 5.56 Å². The highest BCUT2D eigenvalue weighted by Crippen LogP contribution is 2.25. The van der Waals surface area contributed by atoms with Crippen LogP contribution in [0.4, 0.5) is 0 Å². The Morgan fingerprint density at radius 2 is 1.80 bits per heavy atom. The lowest BCUT2D eigenvalue weighted by Crippen LogP contribution is -2.46. The number of hydrogen-bond acceptors (Lipinski definition) is 4. The van der Waals surface area contributed by atoms with Gasteiger partial charge < -0.3 is 20.8 Å². The molecule has 0 spiro atoms. The summed E-state index contributed by atoms with van der Waals surface area (Å²) >= 11 is 0. The highest BCUT2D eigenvalue weighted by Gasteiger charge is 2.26. The van der Waals surface area contributed by atoms with E-state index in [9.17, 15) is 15.0 Å².